The van der Waals surface area contributed by atoms with Gasteiger partial charge in [0.2, 0.25) is 5.82 Å². The number of hydrogen-bond acceptors (Lipinski definition) is 5. The molecular formula is C22H25N3O2. The third-order valence-electron chi connectivity index (χ3n) is 4.11. The van der Waals surface area contributed by atoms with Crippen LogP contribution in [0.1, 0.15) is 51.9 Å². The van der Waals surface area contributed by atoms with Gasteiger partial charge in [0.25, 0.3) is 5.89 Å². The first-order valence-electron chi connectivity index (χ1n) is 9.04. The monoisotopic (exact) mass is 363 g/mol. The molecule has 1 heterocycles. The molecule has 0 saturated carbocycles. The number of nitrogens with zero attached hydrogens (tertiary/aromatic N) is 3. The summed E-state index contributed by atoms with van der Waals surface area (Å²) in [7, 11) is 0. The molecule has 5 heteroatoms. The molecule has 0 fully saturated rings. The predicted octanol–water partition coefficient (Wildman–Crippen LogP) is 5.71. The maximum Gasteiger partial charge on any atom is 0.258 e. The van der Waals surface area contributed by atoms with Crippen LogP contribution in [0.2, 0.25) is 0 Å². The van der Waals surface area contributed by atoms with E-state index >= 15 is 0 Å². The molecule has 0 N–H and O–H groups in total. The average Bonchev–Trinajstić information content (AvgIpc) is 3.14. The summed E-state index contributed by atoms with van der Waals surface area (Å²) in [5, 5.41) is 13.5. The molecule has 1 aromatic carbocycles. The molecule has 0 spiro atoms. The summed E-state index contributed by atoms with van der Waals surface area (Å²) in [6.45, 7) is 16.0. The maximum absolute atomic E-state index is 9.40. The second kappa shape index (κ2) is 9.00. The van der Waals surface area contributed by atoms with E-state index in [1.165, 1.54) is 0 Å². The average molecular weight is 363 g/mol. The number of aromatic nitrogens is 2. The smallest absolute Gasteiger partial charge is 0.258 e. The van der Waals surface area contributed by atoms with Crippen LogP contribution < -0.4 is 4.74 Å². The molecular weight excluding hydrogens is 338 g/mol. The van der Waals surface area contributed by atoms with Crippen molar-refractivity contribution in [1.82, 2.24) is 10.1 Å². The largest absolute Gasteiger partial charge is 0.490 e. The van der Waals surface area contributed by atoms with Gasteiger partial charge < -0.3 is 9.26 Å². The van der Waals surface area contributed by atoms with E-state index in [1.54, 1.807) is 24.3 Å². The zero-order chi connectivity index (χ0) is 20.0. The Hall–Kier alpha value is -3.13. The van der Waals surface area contributed by atoms with Crippen LogP contribution in [0.5, 0.6) is 5.75 Å². The number of nitriles is 1. The number of benzene rings is 1. The number of ether oxygens (including phenoxy) is 1. The van der Waals surface area contributed by atoms with Gasteiger partial charge in [-0.25, -0.2) is 0 Å². The van der Waals surface area contributed by atoms with Gasteiger partial charge in [-0.1, -0.05) is 43.8 Å². The van der Waals surface area contributed by atoms with E-state index in [0.29, 0.717) is 28.6 Å². The fourth-order valence-corrected chi connectivity index (χ4v) is 2.75. The van der Waals surface area contributed by atoms with E-state index in [4.69, 9.17) is 9.26 Å². The SMILES string of the molecule is C=C/C(=C(/CC)C(=C)CC)c1noc(-c2ccc(OC(C)C)c(C#N)c2)n1. The zero-order valence-corrected chi connectivity index (χ0v) is 16.4. The van der Waals surface area contributed by atoms with Crippen molar-refractivity contribution in [3.63, 3.8) is 0 Å². The van der Waals surface area contributed by atoms with Crippen molar-refractivity contribution in [3.05, 3.63) is 60.0 Å². The minimum Gasteiger partial charge on any atom is -0.490 e. The zero-order valence-electron chi connectivity index (χ0n) is 16.4. The quantitative estimate of drug-likeness (QED) is 0.562. The van der Waals surface area contributed by atoms with Gasteiger partial charge in [-0.15, -0.1) is 0 Å². The lowest BCUT2D eigenvalue weighted by Crippen LogP contribution is -2.06. The van der Waals surface area contributed by atoms with E-state index in [1.807, 2.05) is 13.8 Å². The molecule has 2 rings (SSSR count). The lowest BCUT2D eigenvalue weighted by atomic mass is 9.96. The summed E-state index contributed by atoms with van der Waals surface area (Å²) in [5.41, 5.74) is 4.00. The number of rotatable bonds is 8. The van der Waals surface area contributed by atoms with Crippen molar-refractivity contribution in [3.8, 4) is 23.3 Å². The number of allylic oxidation sites excluding steroid dienone is 4. The Balaban J connectivity index is 2.45. The van der Waals surface area contributed by atoms with E-state index < -0.39 is 0 Å². The van der Waals surface area contributed by atoms with E-state index in [-0.39, 0.29) is 6.10 Å². The van der Waals surface area contributed by atoms with Gasteiger partial charge in [-0.2, -0.15) is 10.2 Å². The topological polar surface area (TPSA) is 71.9 Å². The van der Waals surface area contributed by atoms with Gasteiger partial charge in [-0.05, 0) is 50.5 Å². The Labute approximate surface area is 160 Å². The fraction of sp³-hybridized carbons (Fsp3) is 0.318. The van der Waals surface area contributed by atoms with Crippen LogP contribution in [0.3, 0.4) is 0 Å². The third kappa shape index (κ3) is 4.53. The van der Waals surface area contributed by atoms with E-state index in [9.17, 15) is 5.26 Å². The van der Waals surface area contributed by atoms with Crippen LogP contribution in [0.4, 0.5) is 0 Å². The molecule has 0 aliphatic heterocycles. The van der Waals surface area contributed by atoms with Crippen molar-refractivity contribution in [2.24, 2.45) is 0 Å². The molecule has 5 nitrogen and oxygen atoms in total. The first kappa shape index (κ1) is 20.2. The third-order valence-corrected chi connectivity index (χ3v) is 4.11. The molecule has 0 radical (unpaired) electrons. The summed E-state index contributed by atoms with van der Waals surface area (Å²) in [6.07, 6.45) is 3.36. The molecule has 0 aliphatic rings. The Kier molecular flexibility index (Phi) is 6.73. The van der Waals surface area contributed by atoms with Crippen LogP contribution in [-0.2, 0) is 0 Å². The summed E-state index contributed by atoms with van der Waals surface area (Å²) in [4.78, 5) is 4.50. The molecule has 0 amide bonds. The van der Waals surface area contributed by atoms with Gasteiger partial charge in [0, 0.05) is 11.1 Å². The highest BCUT2D eigenvalue weighted by atomic mass is 16.5. The van der Waals surface area contributed by atoms with Crippen LogP contribution in [0.25, 0.3) is 17.0 Å². The summed E-state index contributed by atoms with van der Waals surface area (Å²) in [5.74, 6) is 1.34. The predicted molar refractivity (Wildman–Crippen MR) is 107 cm³/mol. The fourth-order valence-electron chi connectivity index (χ4n) is 2.75. The van der Waals surface area contributed by atoms with Crippen LogP contribution in [0.15, 0.2) is 53.1 Å². The minimum absolute atomic E-state index is 0.0163. The highest BCUT2D eigenvalue weighted by Gasteiger charge is 2.16. The molecule has 0 saturated heterocycles. The van der Waals surface area contributed by atoms with Crippen molar-refractivity contribution in [2.45, 2.75) is 46.6 Å². The standard InChI is InChI=1S/C22H25N3O2/c1-7-15(6)18(8-2)19(9-3)21-24-22(27-25-21)16-10-11-20(26-14(4)5)17(12-16)13-23/h9-12,14H,3,6-8H2,1-2,4-5H3/b19-18+. The molecule has 0 unspecified atom stereocenters. The minimum atomic E-state index is -0.0163. The normalized spacial score (nSPS) is 11.7. The Morgan fingerprint density at radius 1 is 1.33 bits per heavy atom. The lowest BCUT2D eigenvalue weighted by molar-refractivity contribution is 0.242. The Morgan fingerprint density at radius 2 is 2.07 bits per heavy atom. The van der Waals surface area contributed by atoms with Crippen molar-refractivity contribution in [2.75, 3.05) is 0 Å². The van der Waals surface area contributed by atoms with Crippen LogP contribution in [0, 0.1) is 11.3 Å². The first-order chi connectivity index (χ1) is 12.9. The van der Waals surface area contributed by atoms with Gasteiger partial charge >= 0.3 is 0 Å². The highest BCUT2D eigenvalue weighted by Crippen LogP contribution is 2.30. The summed E-state index contributed by atoms with van der Waals surface area (Å²) >= 11 is 0. The molecule has 0 atom stereocenters. The second-order valence-electron chi connectivity index (χ2n) is 6.32. The first-order valence-corrected chi connectivity index (χ1v) is 9.04. The van der Waals surface area contributed by atoms with Crippen molar-refractivity contribution >= 4 is 5.57 Å². The molecule has 2 aromatic rings. The molecule has 27 heavy (non-hydrogen) atoms. The van der Waals surface area contributed by atoms with Gasteiger partial charge in [0.1, 0.15) is 11.8 Å². The summed E-state index contributed by atoms with van der Waals surface area (Å²) < 4.78 is 11.1. The van der Waals surface area contributed by atoms with Crippen molar-refractivity contribution < 1.29 is 9.26 Å². The number of hydrogen-bond donors (Lipinski definition) is 0. The molecule has 0 bridgehead atoms. The second-order valence-corrected chi connectivity index (χ2v) is 6.32. The molecule has 140 valence electrons. The Morgan fingerprint density at radius 3 is 2.63 bits per heavy atom. The van der Waals surface area contributed by atoms with Crippen LogP contribution in [-0.4, -0.2) is 16.2 Å². The van der Waals surface area contributed by atoms with Crippen molar-refractivity contribution in [1.29, 1.82) is 5.26 Å². The maximum atomic E-state index is 9.40. The molecule has 0 aliphatic carbocycles. The molecule has 1 aromatic heterocycles. The summed E-state index contributed by atoms with van der Waals surface area (Å²) in [6, 6.07) is 7.40. The van der Waals surface area contributed by atoms with E-state index in [0.717, 1.165) is 29.6 Å². The lowest BCUT2D eigenvalue weighted by Gasteiger charge is -2.11. The van der Waals surface area contributed by atoms with Gasteiger partial charge in [0.15, 0.2) is 0 Å². The highest BCUT2D eigenvalue weighted by molar-refractivity contribution is 5.76. The Bertz CT molecular complexity index is 914. The van der Waals surface area contributed by atoms with Gasteiger partial charge in [0.05, 0.1) is 11.7 Å². The van der Waals surface area contributed by atoms with Gasteiger partial charge in [-0.3, -0.25) is 0 Å². The van der Waals surface area contributed by atoms with E-state index in [2.05, 4.69) is 43.2 Å². The van der Waals surface area contributed by atoms with Crippen LogP contribution >= 0.6 is 0 Å².